The smallest absolute Gasteiger partial charge is 0.257 e. The Bertz CT molecular complexity index is 675. The van der Waals surface area contributed by atoms with Crippen LogP contribution in [0.4, 0.5) is 15.9 Å². The first-order valence-corrected chi connectivity index (χ1v) is 9.53. The Balaban J connectivity index is 1.64. The molecule has 5 nitrogen and oxygen atoms in total. The average molecular weight is 373 g/mol. The minimum Gasteiger partial charge on any atom is -0.381 e. The lowest BCUT2D eigenvalue weighted by Crippen LogP contribution is -2.13. The minimum atomic E-state index is -0.341. The van der Waals surface area contributed by atoms with Crippen LogP contribution in [0.25, 0.3) is 0 Å². The van der Waals surface area contributed by atoms with Crippen LogP contribution >= 0.6 is 0 Å². The van der Waals surface area contributed by atoms with Gasteiger partial charge in [-0.05, 0) is 49.2 Å². The number of carbonyl (C=O) groups excluding carboxylic acids is 1. The fourth-order valence-corrected chi connectivity index (χ4v) is 2.49. The van der Waals surface area contributed by atoms with Gasteiger partial charge in [-0.15, -0.1) is 0 Å². The van der Waals surface area contributed by atoms with Gasteiger partial charge in [0, 0.05) is 31.6 Å². The first-order chi connectivity index (χ1) is 13.2. The van der Waals surface area contributed by atoms with Crippen molar-refractivity contribution < 1.29 is 13.9 Å². The molecule has 0 aliphatic rings. The second-order valence-electron chi connectivity index (χ2n) is 6.35. The Kier molecular flexibility index (Phi) is 9.27. The maximum absolute atomic E-state index is 12.9. The van der Waals surface area contributed by atoms with Gasteiger partial charge in [0.2, 0.25) is 0 Å². The van der Waals surface area contributed by atoms with Crippen LogP contribution in [0, 0.1) is 5.82 Å². The molecule has 0 saturated carbocycles. The van der Waals surface area contributed by atoms with E-state index in [0.29, 0.717) is 11.3 Å². The Labute approximate surface area is 160 Å². The van der Waals surface area contributed by atoms with E-state index in [1.165, 1.54) is 49.7 Å². The van der Waals surface area contributed by atoms with Crippen LogP contribution < -0.4 is 10.6 Å². The van der Waals surface area contributed by atoms with Crippen molar-refractivity contribution in [3.8, 4) is 0 Å². The highest BCUT2D eigenvalue weighted by Crippen LogP contribution is 2.11. The highest BCUT2D eigenvalue weighted by molar-refractivity contribution is 6.04. The van der Waals surface area contributed by atoms with E-state index in [9.17, 15) is 9.18 Å². The van der Waals surface area contributed by atoms with Crippen molar-refractivity contribution in [2.24, 2.45) is 0 Å². The molecule has 0 saturated heterocycles. The molecule has 27 heavy (non-hydrogen) atoms. The number of nitrogens with one attached hydrogen (secondary N) is 2. The SMILES string of the molecule is CCCCCCOCCCNc1ccc(C(=O)Nc2ccc(F)cc2)cn1. The number of amides is 1. The summed E-state index contributed by atoms with van der Waals surface area (Å²) in [5.41, 5.74) is 0.985. The summed E-state index contributed by atoms with van der Waals surface area (Å²) in [6.45, 7) is 4.53. The number of ether oxygens (including phenoxy) is 1. The van der Waals surface area contributed by atoms with E-state index in [1.54, 1.807) is 12.1 Å². The van der Waals surface area contributed by atoms with Crippen molar-refractivity contribution in [2.45, 2.75) is 39.0 Å². The zero-order valence-electron chi connectivity index (χ0n) is 15.8. The van der Waals surface area contributed by atoms with Gasteiger partial charge in [0.05, 0.1) is 5.56 Å². The van der Waals surface area contributed by atoms with Gasteiger partial charge in [-0.3, -0.25) is 4.79 Å². The van der Waals surface area contributed by atoms with Crippen LogP contribution in [0.1, 0.15) is 49.4 Å². The number of carbonyl (C=O) groups is 1. The zero-order valence-corrected chi connectivity index (χ0v) is 15.8. The molecular weight excluding hydrogens is 345 g/mol. The molecular formula is C21H28FN3O2. The lowest BCUT2D eigenvalue weighted by Gasteiger charge is -2.08. The third-order valence-corrected chi connectivity index (χ3v) is 4.04. The number of benzene rings is 1. The predicted molar refractivity (Wildman–Crippen MR) is 107 cm³/mol. The maximum Gasteiger partial charge on any atom is 0.257 e. The summed E-state index contributed by atoms with van der Waals surface area (Å²) in [6, 6.07) is 9.11. The molecule has 0 spiro atoms. The summed E-state index contributed by atoms with van der Waals surface area (Å²) in [6.07, 6.45) is 7.30. The van der Waals surface area contributed by atoms with Crippen molar-refractivity contribution in [3.05, 3.63) is 54.0 Å². The van der Waals surface area contributed by atoms with Crippen LogP contribution in [-0.4, -0.2) is 30.6 Å². The van der Waals surface area contributed by atoms with Gasteiger partial charge in [-0.1, -0.05) is 26.2 Å². The quantitative estimate of drug-likeness (QED) is 0.521. The number of pyridine rings is 1. The van der Waals surface area contributed by atoms with E-state index >= 15 is 0 Å². The van der Waals surface area contributed by atoms with E-state index in [0.717, 1.165) is 38.4 Å². The molecule has 2 rings (SSSR count). The van der Waals surface area contributed by atoms with Crippen LogP contribution in [0.15, 0.2) is 42.6 Å². The minimum absolute atomic E-state index is 0.280. The summed E-state index contributed by atoms with van der Waals surface area (Å²) in [5, 5.41) is 5.92. The molecule has 0 atom stereocenters. The Morgan fingerprint density at radius 3 is 2.52 bits per heavy atom. The molecule has 1 heterocycles. The van der Waals surface area contributed by atoms with Crippen LogP contribution in [-0.2, 0) is 4.74 Å². The van der Waals surface area contributed by atoms with Gasteiger partial charge in [0.25, 0.3) is 5.91 Å². The maximum atomic E-state index is 12.9. The van der Waals surface area contributed by atoms with Gasteiger partial charge in [0.15, 0.2) is 0 Å². The van der Waals surface area contributed by atoms with Gasteiger partial charge in [-0.25, -0.2) is 9.37 Å². The summed E-state index contributed by atoms with van der Waals surface area (Å²) >= 11 is 0. The Hall–Kier alpha value is -2.47. The number of anilines is 2. The summed E-state index contributed by atoms with van der Waals surface area (Å²) < 4.78 is 18.5. The molecule has 1 amide bonds. The third kappa shape index (κ3) is 8.17. The van der Waals surface area contributed by atoms with Crippen molar-refractivity contribution in [1.82, 2.24) is 4.98 Å². The lowest BCUT2D eigenvalue weighted by molar-refractivity contribution is 0.102. The van der Waals surface area contributed by atoms with E-state index in [1.807, 2.05) is 0 Å². The van der Waals surface area contributed by atoms with Crippen molar-refractivity contribution in [3.63, 3.8) is 0 Å². The van der Waals surface area contributed by atoms with Gasteiger partial charge >= 0.3 is 0 Å². The number of halogens is 1. The molecule has 2 aromatic rings. The van der Waals surface area contributed by atoms with Crippen molar-refractivity contribution in [2.75, 3.05) is 30.4 Å². The first-order valence-electron chi connectivity index (χ1n) is 9.53. The standard InChI is InChI=1S/C21H28FN3O2/c1-2-3-4-5-14-27-15-6-13-23-20-12-7-17(16-24-20)21(26)25-19-10-8-18(22)9-11-19/h7-12,16H,2-6,13-15H2,1H3,(H,23,24)(H,25,26). The average Bonchev–Trinajstić information content (AvgIpc) is 2.69. The predicted octanol–water partition coefficient (Wildman–Crippen LogP) is 4.87. The molecule has 0 radical (unpaired) electrons. The molecule has 0 aliphatic heterocycles. The molecule has 0 aliphatic carbocycles. The van der Waals surface area contributed by atoms with E-state index in [2.05, 4.69) is 22.5 Å². The first kappa shape index (κ1) is 20.8. The van der Waals surface area contributed by atoms with Gasteiger partial charge in [0.1, 0.15) is 11.6 Å². The number of hydrogen-bond donors (Lipinski definition) is 2. The highest BCUT2D eigenvalue weighted by atomic mass is 19.1. The zero-order chi connectivity index (χ0) is 19.3. The van der Waals surface area contributed by atoms with E-state index in [-0.39, 0.29) is 11.7 Å². The molecule has 1 aromatic heterocycles. The number of rotatable bonds is 12. The summed E-state index contributed by atoms with van der Waals surface area (Å²) in [4.78, 5) is 16.4. The normalized spacial score (nSPS) is 10.6. The fraction of sp³-hybridized carbons (Fsp3) is 0.429. The Morgan fingerprint density at radius 2 is 1.81 bits per heavy atom. The monoisotopic (exact) mass is 373 g/mol. The van der Waals surface area contributed by atoms with Crippen molar-refractivity contribution >= 4 is 17.4 Å². The second-order valence-corrected chi connectivity index (χ2v) is 6.35. The largest absolute Gasteiger partial charge is 0.381 e. The molecule has 0 unspecified atom stereocenters. The highest BCUT2D eigenvalue weighted by Gasteiger charge is 2.07. The second kappa shape index (κ2) is 12.0. The van der Waals surface area contributed by atoms with Crippen LogP contribution in [0.3, 0.4) is 0 Å². The summed E-state index contributed by atoms with van der Waals surface area (Å²) in [5.74, 6) is 0.0976. The third-order valence-electron chi connectivity index (χ3n) is 4.04. The number of unbranched alkanes of at least 4 members (excludes halogenated alkanes) is 3. The fourth-order valence-electron chi connectivity index (χ4n) is 2.49. The van der Waals surface area contributed by atoms with Gasteiger partial charge in [-0.2, -0.15) is 0 Å². The summed E-state index contributed by atoms with van der Waals surface area (Å²) in [7, 11) is 0. The molecule has 146 valence electrons. The number of nitrogens with zero attached hydrogens (tertiary/aromatic N) is 1. The topological polar surface area (TPSA) is 63.2 Å². The van der Waals surface area contributed by atoms with E-state index < -0.39 is 0 Å². The molecule has 0 fully saturated rings. The molecule has 6 heteroatoms. The number of aromatic nitrogens is 1. The van der Waals surface area contributed by atoms with Crippen LogP contribution in [0.5, 0.6) is 0 Å². The Morgan fingerprint density at radius 1 is 1.04 bits per heavy atom. The molecule has 0 bridgehead atoms. The van der Waals surface area contributed by atoms with Crippen LogP contribution in [0.2, 0.25) is 0 Å². The molecule has 1 aromatic carbocycles. The lowest BCUT2D eigenvalue weighted by atomic mass is 10.2. The van der Waals surface area contributed by atoms with Crippen molar-refractivity contribution in [1.29, 1.82) is 0 Å². The van der Waals surface area contributed by atoms with Gasteiger partial charge < -0.3 is 15.4 Å². The van der Waals surface area contributed by atoms with E-state index in [4.69, 9.17) is 4.74 Å². The number of hydrogen-bond acceptors (Lipinski definition) is 4. The molecule has 2 N–H and O–H groups in total.